The zero-order valence-corrected chi connectivity index (χ0v) is 13.6. The number of aromatic nitrogens is 4. The maximum atomic E-state index is 13.0. The van der Waals surface area contributed by atoms with Gasteiger partial charge in [0.2, 0.25) is 0 Å². The molecule has 1 aliphatic rings. The Bertz CT molecular complexity index is 884. The molecule has 3 aromatic rings. The van der Waals surface area contributed by atoms with E-state index in [2.05, 4.69) is 15.3 Å². The lowest BCUT2D eigenvalue weighted by Crippen LogP contribution is -2.30. The van der Waals surface area contributed by atoms with Gasteiger partial charge in [-0.3, -0.25) is 9.48 Å². The fourth-order valence-corrected chi connectivity index (χ4v) is 3.43. The average Bonchev–Trinajstić information content (AvgIpc) is 3.31. The van der Waals surface area contributed by atoms with Gasteiger partial charge in [0, 0.05) is 45.0 Å². The lowest BCUT2D eigenvalue weighted by molar-refractivity contribution is 0.0715. The maximum Gasteiger partial charge on any atom is 0.256 e. The van der Waals surface area contributed by atoms with Gasteiger partial charge in [0.1, 0.15) is 0 Å². The number of nitrogens with one attached hydrogen (secondary N) is 1. The van der Waals surface area contributed by atoms with E-state index in [0.717, 1.165) is 16.6 Å². The van der Waals surface area contributed by atoms with Gasteiger partial charge >= 0.3 is 0 Å². The van der Waals surface area contributed by atoms with Crippen molar-refractivity contribution in [3.8, 4) is 0 Å². The number of carbonyl (C=O) groups is 1. The summed E-state index contributed by atoms with van der Waals surface area (Å²) in [6.45, 7) is 1.13. The number of aryl methyl sites for hydroxylation is 1. The molecule has 4 rings (SSSR count). The first-order chi connectivity index (χ1) is 11.7. The Kier molecular flexibility index (Phi) is 3.57. The molecule has 0 bridgehead atoms. The van der Waals surface area contributed by atoms with Gasteiger partial charge in [-0.05, 0) is 12.1 Å². The van der Waals surface area contributed by atoms with Crippen molar-refractivity contribution in [2.45, 2.75) is 12.0 Å². The van der Waals surface area contributed by atoms with Crippen LogP contribution in [0.3, 0.4) is 0 Å². The molecule has 1 fully saturated rings. The molecule has 124 valence electrons. The summed E-state index contributed by atoms with van der Waals surface area (Å²) in [5.74, 6) is 0.0481. The molecule has 1 aromatic carbocycles. The Hall–Kier alpha value is -2.67. The standard InChI is InChI=1S/C17H19N5O2/c1-21-9-14(19-20-21)13-8-22(10-15(13)24-2)17(23)12-5-3-4-11-6-7-18-16(11)12/h3-7,9,13,15,18H,8,10H2,1-2H3/t13-,15+/m0/s1. The molecule has 0 aliphatic carbocycles. The monoisotopic (exact) mass is 325 g/mol. The number of amides is 1. The highest BCUT2D eigenvalue weighted by Crippen LogP contribution is 2.30. The summed E-state index contributed by atoms with van der Waals surface area (Å²) in [4.78, 5) is 18.0. The lowest BCUT2D eigenvalue weighted by atomic mass is 10.0. The highest BCUT2D eigenvalue weighted by atomic mass is 16.5. The van der Waals surface area contributed by atoms with E-state index in [-0.39, 0.29) is 17.9 Å². The van der Waals surface area contributed by atoms with Crippen LogP contribution in [0.2, 0.25) is 0 Å². The summed E-state index contributed by atoms with van der Waals surface area (Å²) in [7, 11) is 3.51. The third-order valence-electron chi connectivity index (χ3n) is 4.67. The Morgan fingerprint density at radius 2 is 2.21 bits per heavy atom. The van der Waals surface area contributed by atoms with Crippen molar-refractivity contribution in [1.82, 2.24) is 24.9 Å². The molecule has 0 unspecified atom stereocenters. The number of likely N-dealkylation sites (tertiary alicyclic amines) is 1. The van der Waals surface area contributed by atoms with Gasteiger partial charge in [-0.1, -0.05) is 17.3 Å². The summed E-state index contributed by atoms with van der Waals surface area (Å²) in [5, 5.41) is 9.22. The van der Waals surface area contributed by atoms with Crippen LogP contribution in [-0.4, -0.2) is 57.1 Å². The van der Waals surface area contributed by atoms with Crippen LogP contribution < -0.4 is 0 Å². The molecule has 0 spiro atoms. The second-order valence-electron chi connectivity index (χ2n) is 6.16. The van der Waals surface area contributed by atoms with E-state index in [9.17, 15) is 4.79 Å². The molecule has 1 saturated heterocycles. The molecule has 1 N–H and O–H groups in total. The number of nitrogens with zero attached hydrogens (tertiary/aromatic N) is 4. The van der Waals surface area contributed by atoms with Crippen molar-refractivity contribution in [2.24, 2.45) is 7.05 Å². The first-order valence-electron chi connectivity index (χ1n) is 7.92. The number of benzene rings is 1. The minimum Gasteiger partial charge on any atom is -0.379 e. The Morgan fingerprint density at radius 1 is 1.33 bits per heavy atom. The van der Waals surface area contributed by atoms with Gasteiger partial charge in [0.05, 0.1) is 28.8 Å². The van der Waals surface area contributed by atoms with Crippen molar-refractivity contribution in [1.29, 1.82) is 0 Å². The normalized spacial score (nSPS) is 20.8. The predicted molar refractivity (Wildman–Crippen MR) is 88.7 cm³/mol. The smallest absolute Gasteiger partial charge is 0.256 e. The summed E-state index contributed by atoms with van der Waals surface area (Å²) < 4.78 is 7.27. The van der Waals surface area contributed by atoms with Gasteiger partial charge < -0.3 is 14.6 Å². The average molecular weight is 325 g/mol. The summed E-state index contributed by atoms with van der Waals surface area (Å²) in [5.41, 5.74) is 2.42. The second kappa shape index (κ2) is 5.76. The number of rotatable bonds is 3. The van der Waals surface area contributed by atoms with E-state index in [1.54, 1.807) is 11.8 Å². The van der Waals surface area contributed by atoms with E-state index in [0.29, 0.717) is 18.7 Å². The second-order valence-corrected chi connectivity index (χ2v) is 6.16. The Balaban J connectivity index is 1.63. The molecular formula is C17H19N5O2. The van der Waals surface area contributed by atoms with Gasteiger partial charge in [0.25, 0.3) is 5.91 Å². The largest absolute Gasteiger partial charge is 0.379 e. The summed E-state index contributed by atoms with van der Waals surface area (Å²) in [6, 6.07) is 7.73. The van der Waals surface area contributed by atoms with Gasteiger partial charge in [-0.2, -0.15) is 0 Å². The SMILES string of the molecule is CO[C@@H]1CN(C(=O)c2cccc3cc[nH]c23)C[C@H]1c1cn(C)nn1. The van der Waals surface area contributed by atoms with Gasteiger partial charge in [-0.15, -0.1) is 5.10 Å². The highest BCUT2D eigenvalue weighted by molar-refractivity contribution is 6.05. The van der Waals surface area contributed by atoms with Crippen LogP contribution in [0.15, 0.2) is 36.7 Å². The number of H-pyrrole nitrogens is 1. The molecule has 3 heterocycles. The number of hydrogen-bond acceptors (Lipinski definition) is 4. The number of hydrogen-bond donors (Lipinski definition) is 1. The van der Waals surface area contributed by atoms with Gasteiger partial charge in [-0.25, -0.2) is 0 Å². The van der Waals surface area contributed by atoms with Crippen LogP contribution in [0.1, 0.15) is 22.0 Å². The van der Waals surface area contributed by atoms with Crippen molar-refractivity contribution in [3.63, 3.8) is 0 Å². The van der Waals surface area contributed by atoms with Gasteiger partial charge in [0.15, 0.2) is 0 Å². The van der Waals surface area contributed by atoms with E-state index < -0.39 is 0 Å². The predicted octanol–water partition coefficient (Wildman–Crippen LogP) is 1.55. The van der Waals surface area contributed by atoms with Crippen LogP contribution in [0.5, 0.6) is 0 Å². The molecule has 2 aromatic heterocycles. The van der Waals surface area contributed by atoms with Crippen LogP contribution >= 0.6 is 0 Å². The van der Waals surface area contributed by atoms with Crippen molar-refractivity contribution >= 4 is 16.8 Å². The van der Waals surface area contributed by atoms with Crippen LogP contribution in [0.25, 0.3) is 10.9 Å². The zero-order chi connectivity index (χ0) is 16.7. The molecular weight excluding hydrogens is 306 g/mol. The van der Waals surface area contributed by atoms with Crippen LogP contribution in [0, 0.1) is 0 Å². The van der Waals surface area contributed by atoms with Crippen molar-refractivity contribution in [3.05, 3.63) is 47.9 Å². The lowest BCUT2D eigenvalue weighted by Gasteiger charge is -2.16. The molecule has 7 nitrogen and oxygen atoms in total. The van der Waals surface area contributed by atoms with E-state index in [1.807, 2.05) is 48.6 Å². The number of aromatic amines is 1. The van der Waals surface area contributed by atoms with Crippen LogP contribution in [-0.2, 0) is 11.8 Å². The fraction of sp³-hybridized carbons (Fsp3) is 0.353. The third-order valence-corrected chi connectivity index (χ3v) is 4.67. The van der Waals surface area contributed by atoms with E-state index in [4.69, 9.17) is 4.74 Å². The van der Waals surface area contributed by atoms with Crippen LogP contribution in [0.4, 0.5) is 0 Å². The summed E-state index contributed by atoms with van der Waals surface area (Å²) >= 11 is 0. The minimum absolute atomic E-state index is 0.0106. The first kappa shape index (κ1) is 14.9. The molecule has 24 heavy (non-hydrogen) atoms. The minimum atomic E-state index is -0.0755. The molecule has 7 heteroatoms. The molecule has 0 radical (unpaired) electrons. The maximum absolute atomic E-state index is 13.0. The zero-order valence-electron chi connectivity index (χ0n) is 13.6. The Labute approximate surface area is 139 Å². The van der Waals surface area contributed by atoms with E-state index >= 15 is 0 Å². The molecule has 1 amide bonds. The topological polar surface area (TPSA) is 76.0 Å². The van der Waals surface area contributed by atoms with Crippen molar-refractivity contribution < 1.29 is 9.53 Å². The van der Waals surface area contributed by atoms with E-state index in [1.165, 1.54) is 0 Å². The molecule has 2 atom stereocenters. The quantitative estimate of drug-likeness (QED) is 0.793. The number of fused-ring (bicyclic) bond motifs is 1. The fourth-order valence-electron chi connectivity index (χ4n) is 3.43. The number of para-hydroxylation sites is 1. The Morgan fingerprint density at radius 3 is 2.96 bits per heavy atom. The molecule has 0 saturated carbocycles. The molecule has 1 aliphatic heterocycles. The number of ether oxygens (including phenoxy) is 1. The van der Waals surface area contributed by atoms with Crippen molar-refractivity contribution in [2.75, 3.05) is 20.2 Å². The number of carbonyl (C=O) groups excluding carboxylic acids is 1. The summed E-state index contributed by atoms with van der Waals surface area (Å²) in [6.07, 6.45) is 3.66. The third kappa shape index (κ3) is 2.37. The highest BCUT2D eigenvalue weighted by Gasteiger charge is 2.38. The number of methoxy groups -OCH3 is 1. The first-order valence-corrected chi connectivity index (χ1v) is 7.92.